The highest BCUT2D eigenvalue weighted by Gasteiger charge is 2.30. The number of carbonyl (C=O) groups is 3. The van der Waals surface area contributed by atoms with Crippen LogP contribution in [0, 0.1) is 0 Å². The van der Waals surface area contributed by atoms with Gasteiger partial charge in [-0.25, -0.2) is 4.79 Å². The summed E-state index contributed by atoms with van der Waals surface area (Å²) >= 11 is 0. The summed E-state index contributed by atoms with van der Waals surface area (Å²) in [7, 11) is 0. The van der Waals surface area contributed by atoms with Gasteiger partial charge in [-0.15, -0.1) is 6.58 Å². The summed E-state index contributed by atoms with van der Waals surface area (Å²) in [6, 6.07) is 5.21. The lowest BCUT2D eigenvalue weighted by Crippen LogP contribution is -2.23. The van der Waals surface area contributed by atoms with E-state index in [0.717, 1.165) is 0 Å². The van der Waals surface area contributed by atoms with Gasteiger partial charge >= 0.3 is 5.97 Å². The molecule has 0 heterocycles. The number of rotatable bonds is 4. The number of ketones is 2. The van der Waals surface area contributed by atoms with Crippen LogP contribution in [-0.2, 0) is 16.0 Å². The fourth-order valence-corrected chi connectivity index (χ4v) is 2.75. The van der Waals surface area contributed by atoms with Gasteiger partial charge in [-0.1, -0.05) is 24.3 Å². The van der Waals surface area contributed by atoms with Crippen LogP contribution < -0.4 is 0 Å². The fraction of sp³-hybridized carbons (Fsp3) is 0.312. The van der Waals surface area contributed by atoms with E-state index in [0.29, 0.717) is 17.5 Å². The lowest BCUT2D eigenvalue weighted by atomic mass is 9.79. The van der Waals surface area contributed by atoms with Crippen molar-refractivity contribution in [2.45, 2.75) is 31.6 Å². The molecule has 0 saturated heterocycles. The Morgan fingerprint density at radius 2 is 1.95 bits per heavy atom. The molecule has 1 fully saturated rings. The number of Topliss-reactive ketones (excluding diaryl/α,β-unsaturated/α-hetero) is 2. The third kappa shape index (κ3) is 2.85. The summed E-state index contributed by atoms with van der Waals surface area (Å²) < 4.78 is 0. The predicted octanol–water partition coefficient (Wildman–Crippen LogP) is 2.52. The van der Waals surface area contributed by atoms with Crippen LogP contribution in [0.2, 0.25) is 0 Å². The number of aromatic carboxylic acids is 1. The zero-order valence-electron chi connectivity index (χ0n) is 11.1. The van der Waals surface area contributed by atoms with Crippen molar-refractivity contribution in [3.8, 4) is 0 Å². The highest BCUT2D eigenvalue weighted by molar-refractivity contribution is 6.02. The first kappa shape index (κ1) is 14.2. The van der Waals surface area contributed by atoms with Crippen LogP contribution in [0.25, 0.3) is 0 Å². The third-order valence-corrected chi connectivity index (χ3v) is 3.54. The zero-order valence-corrected chi connectivity index (χ0v) is 11.1. The molecule has 0 spiro atoms. The molecule has 0 unspecified atom stereocenters. The summed E-state index contributed by atoms with van der Waals surface area (Å²) in [5.74, 6) is -1.57. The van der Waals surface area contributed by atoms with Crippen LogP contribution in [0.15, 0.2) is 30.9 Å². The molecule has 1 aliphatic carbocycles. The number of hydrogen-bond donors (Lipinski definition) is 1. The van der Waals surface area contributed by atoms with Gasteiger partial charge in [0.05, 0.1) is 12.0 Å². The first-order valence-electron chi connectivity index (χ1n) is 6.52. The van der Waals surface area contributed by atoms with Crippen LogP contribution >= 0.6 is 0 Å². The number of hydrogen-bond acceptors (Lipinski definition) is 3. The van der Waals surface area contributed by atoms with Crippen molar-refractivity contribution in [2.24, 2.45) is 0 Å². The molecular weight excluding hydrogens is 256 g/mol. The summed E-state index contributed by atoms with van der Waals surface area (Å²) in [5, 5.41) is 9.43. The van der Waals surface area contributed by atoms with Crippen LogP contribution in [0.5, 0.6) is 0 Å². The van der Waals surface area contributed by atoms with E-state index in [1.807, 2.05) is 0 Å². The number of carboxylic acid groups (broad SMARTS) is 1. The Kier molecular flexibility index (Phi) is 4.13. The van der Waals surface area contributed by atoms with E-state index < -0.39 is 5.97 Å². The molecule has 1 aliphatic rings. The predicted molar refractivity (Wildman–Crippen MR) is 73.9 cm³/mol. The van der Waals surface area contributed by atoms with Crippen LogP contribution in [0.3, 0.4) is 0 Å². The second kappa shape index (κ2) is 5.82. The lowest BCUT2D eigenvalue weighted by Gasteiger charge is -2.23. The summed E-state index contributed by atoms with van der Waals surface area (Å²) in [6.45, 7) is 3.62. The van der Waals surface area contributed by atoms with E-state index >= 15 is 0 Å². The van der Waals surface area contributed by atoms with Gasteiger partial charge in [-0.05, 0) is 23.5 Å². The van der Waals surface area contributed by atoms with Gasteiger partial charge < -0.3 is 5.11 Å². The molecule has 0 bridgehead atoms. The second-order valence-electron chi connectivity index (χ2n) is 5.04. The topological polar surface area (TPSA) is 71.4 Å². The van der Waals surface area contributed by atoms with Crippen molar-refractivity contribution in [3.63, 3.8) is 0 Å². The maximum atomic E-state index is 11.6. The van der Waals surface area contributed by atoms with E-state index in [4.69, 9.17) is 0 Å². The van der Waals surface area contributed by atoms with Crippen molar-refractivity contribution >= 4 is 17.5 Å². The first-order chi connectivity index (χ1) is 9.52. The zero-order chi connectivity index (χ0) is 14.7. The van der Waals surface area contributed by atoms with Crippen molar-refractivity contribution in [3.05, 3.63) is 47.5 Å². The van der Waals surface area contributed by atoms with Crippen LogP contribution in [-0.4, -0.2) is 22.6 Å². The molecule has 0 amide bonds. The minimum absolute atomic E-state index is 0.0226. The molecule has 2 rings (SSSR count). The largest absolute Gasteiger partial charge is 0.478 e. The molecule has 1 N–H and O–H groups in total. The van der Waals surface area contributed by atoms with Gasteiger partial charge in [0.2, 0.25) is 0 Å². The Morgan fingerprint density at radius 1 is 1.30 bits per heavy atom. The standard InChI is InChI=1S/C16H16O4/c1-2-4-10-5-3-6-14(15(10)16(19)20)11-7-12(17)9-13(18)8-11/h2-3,5-6,11H,1,4,7-9H2,(H,19,20). The van der Waals surface area contributed by atoms with Gasteiger partial charge in [-0.2, -0.15) is 0 Å². The molecular formula is C16H16O4. The molecule has 0 radical (unpaired) electrons. The van der Waals surface area contributed by atoms with E-state index in [2.05, 4.69) is 6.58 Å². The van der Waals surface area contributed by atoms with Crippen molar-refractivity contribution in [1.82, 2.24) is 0 Å². The Bertz CT molecular complexity index is 570. The van der Waals surface area contributed by atoms with Crippen molar-refractivity contribution in [2.75, 3.05) is 0 Å². The number of benzene rings is 1. The SMILES string of the molecule is C=CCc1cccc(C2CC(=O)CC(=O)C2)c1C(=O)O. The summed E-state index contributed by atoms with van der Waals surface area (Å²) in [6.07, 6.45) is 2.55. The molecule has 0 atom stereocenters. The normalized spacial score (nSPS) is 16.2. The average Bonchev–Trinajstić information content (AvgIpc) is 2.37. The Labute approximate surface area is 117 Å². The minimum Gasteiger partial charge on any atom is -0.478 e. The smallest absolute Gasteiger partial charge is 0.336 e. The molecule has 0 aliphatic heterocycles. The van der Waals surface area contributed by atoms with Crippen molar-refractivity contribution in [1.29, 1.82) is 0 Å². The molecule has 1 aromatic carbocycles. The molecule has 1 aromatic rings. The van der Waals surface area contributed by atoms with E-state index in [-0.39, 0.29) is 42.3 Å². The first-order valence-corrected chi connectivity index (χ1v) is 6.52. The van der Waals surface area contributed by atoms with E-state index in [9.17, 15) is 19.5 Å². The Morgan fingerprint density at radius 3 is 2.50 bits per heavy atom. The Hall–Kier alpha value is -2.23. The van der Waals surface area contributed by atoms with Gasteiger partial charge in [0, 0.05) is 12.8 Å². The number of carbonyl (C=O) groups excluding carboxylic acids is 2. The molecule has 20 heavy (non-hydrogen) atoms. The fourth-order valence-electron chi connectivity index (χ4n) is 2.75. The molecule has 4 nitrogen and oxygen atoms in total. The monoisotopic (exact) mass is 272 g/mol. The summed E-state index contributed by atoms with van der Waals surface area (Å²) in [4.78, 5) is 34.6. The van der Waals surface area contributed by atoms with Gasteiger partial charge in [0.25, 0.3) is 0 Å². The van der Waals surface area contributed by atoms with Gasteiger partial charge in [0.15, 0.2) is 0 Å². The molecule has 1 saturated carbocycles. The maximum Gasteiger partial charge on any atom is 0.336 e. The molecule has 0 aromatic heterocycles. The summed E-state index contributed by atoms with van der Waals surface area (Å²) in [5.41, 5.74) is 1.45. The average molecular weight is 272 g/mol. The van der Waals surface area contributed by atoms with Crippen molar-refractivity contribution < 1.29 is 19.5 Å². The second-order valence-corrected chi connectivity index (χ2v) is 5.04. The quantitative estimate of drug-likeness (QED) is 0.675. The molecule has 4 heteroatoms. The van der Waals surface area contributed by atoms with Gasteiger partial charge in [-0.3, -0.25) is 9.59 Å². The minimum atomic E-state index is -1.03. The molecule has 104 valence electrons. The van der Waals surface area contributed by atoms with E-state index in [1.54, 1.807) is 24.3 Å². The van der Waals surface area contributed by atoms with Gasteiger partial charge in [0.1, 0.15) is 11.6 Å². The number of carboxylic acids is 1. The van der Waals surface area contributed by atoms with Crippen LogP contribution in [0.1, 0.15) is 46.7 Å². The van der Waals surface area contributed by atoms with Crippen LogP contribution in [0.4, 0.5) is 0 Å². The maximum absolute atomic E-state index is 11.6. The van der Waals surface area contributed by atoms with E-state index in [1.165, 1.54) is 0 Å². The Balaban J connectivity index is 2.47. The number of allylic oxidation sites excluding steroid dienone is 1. The lowest BCUT2D eigenvalue weighted by molar-refractivity contribution is -0.130. The highest BCUT2D eigenvalue weighted by atomic mass is 16.4. The highest BCUT2D eigenvalue weighted by Crippen LogP contribution is 2.33. The third-order valence-electron chi connectivity index (χ3n) is 3.54.